The number of phenolic OH excluding ortho intramolecular Hbond substituents is 1. The van der Waals surface area contributed by atoms with Gasteiger partial charge in [-0.25, -0.2) is 0 Å². The zero-order valence-corrected chi connectivity index (χ0v) is 33.9. The molecule has 308 valence electrons. The number of aryl methyl sites for hydroxylation is 1. The molecule has 2 aromatic rings. The van der Waals surface area contributed by atoms with Gasteiger partial charge in [-0.3, -0.25) is 4.79 Å². The molecule has 0 radical (unpaired) electrons. The SMILES string of the molecule is CCCCC[C@H](O)/C=C/C1=C(\C[C@H](O)CO)[C@H](CCC[C@H]2N[C@H](C)CCC[C@@H]2CC(=O)O)N[C@@H]([C@@](C)(O)Cc2ccc(O)cc2)CC#Cc2ccccc2CC1. The molecule has 1 saturated heterocycles. The fraction of sp³-hybridized carbons (Fsp3) is 0.596. The van der Waals surface area contributed by atoms with Gasteiger partial charge in [-0.1, -0.05) is 93.4 Å². The van der Waals surface area contributed by atoms with Crippen molar-refractivity contribution in [3.8, 4) is 17.6 Å². The first kappa shape index (κ1) is 45.2. The van der Waals surface area contributed by atoms with Crippen molar-refractivity contribution in [2.24, 2.45) is 5.92 Å². The minimum atomic E-state index is -1.29. The molecule has 56 heavy (non-hydrogen) atoms. The van der Waals surface area contributed by atoms with E-state index in [4.69, 9.17) is 0 Å². The number of hydrogen-bond donors (Lipinski definition) is 8. The second-order valence-corrected chi connectivity index (χ2v) is 16.5. The van der Waals surface area contributed by atoms with Crippen molar-refractivity contribution in [3.63, 3.8) is 0 Å². The van der Waals surface area contributed by atoms with Gasteiger partial charge in [0.05, 0.1) is 24.4 Å². The number of phenols is 1. The normalized spacial score (nSPS) is 25.7. The van der Waals surface area contributed by atoms with Crippen LogP contribution in [0.2, 0.25) is 0 Å². The van der Waals surface area contributed by atoms with Crippen molar-refractivity contribution >= 4 is 5.97 Å². The number of unbranched alkanes of at least 4 members (excludes halogenated alkanes) is 2. The Hall–Kier alpha value is -3.49. The highest BCUT2D eigenvalue weighted by Crippen LogP contribution is 2.31. The summed E-state index contributed by atoms with van der Waals surface area (Å²) in [6.07, 6.45) is 13.1. The highest BCUT2D eigenvalue weighted by Gasteiger charge is 2.35. The van der Waals surface area contributed by atoms with E-state index in [-0.39, 0.29) is 42.6 Å². The van der Waals surface area contributed by atoms with Crippen LogP contribution in [0.5, 0.6) is 5.75 Å². The summed E-state index contributed by atoms with van der Waals surface area (Å²) >= 11 is 0. The lowest BCUT2D eigenvalue weighted by Gasteiger charge is -2.38. The fourth-order valence-corrected chi connectivity index (χ4v) is 8.48. The summed E-state index contributed by atoms with van der Waals surface area (Å²) in [5.41, 5.74) is 3.47. The van der Waals surface area contributed by atoms with E-state index < -0.39 is 36.4 Å². The first-order chi connectivity index (χ1) is 26.9. The Kier molecular flexibility index (Phi) is 18.6. The van der Waals surface area contributed by atoms with Crippen molar-refractivity contribution in [2.45, 2.75) is 165 Å². The molecule has 2 aliphatic heterocycles. The first-order valence-electron chi connectivity index (χ1n) is 21.1. The van der Waals surface area contributed by atoms with E-state index in [9.17, 15) is 35.4 Å². The molecule has 0 unspecified atom stereocenters. The van der Waals surface area contributed by atoms with Crippen LogP contribution in [0.4, 0.5) is 0 Å². The molecule has 2 aromatic carbocycles. The van der Waals surface area contributed by atoms with Crippen LogP contribution in [-0.4, -0.2) is 85.2 Å². The van der Waals surface area contributed by atoms with Gasteiger partial charge in [0.15, 0.2) is 0 Å². The van der Waals surface area contributed by atoms with Gasteiger partial charge < -0.3 is 41.3 Å². The molecule has 0 aliphatic carbocycles. The van der Waals surface area contributed by atoms with Crippen LogP contribution in [0.25, 0.3) is 0 Å². The largest absolute Gasteiger partial charge is 0.508 e. The van der Waals surface area contributed by atoms with Gasteiger partial charge in [0.2, 0.25) is 0 Å². The monoisotopic (exact) mass is 773 g/mol. The van der Waals surface area contributed by atoms with E-state index in [1.165, 1.54) is 0 Å². The number of allylic oxidation sites excluding steroid dienone is 2. The Labute approximate surface area is 335 Å². The van der Waals surface area contributed by atoms with Crippen molar-refractivity contribution in [2.75, 3.05) is 6.61 Å². The highest BCUT2D eigenvalue weighted by molar-refractivity contribution is 5.67. The number of carboxylic acid groups (broad SMARTS) is 1. The number of nitrogens with one attached hydrogen (secondary N) is 2. The summed E-state index contributed by atoms with van der Waals surface area (Å²) in [7, 11) is 0. The number of rotatable bonds is 18. The van der Waals surface area contributed by atoms with Crippen LogP contribution in [-0.2, 0) is 17.6 Å². The predicted octanol–water partition coefficient (Wildman–Crippen LogP) is 6.73. The minimum Gasteiger partial charge on any atom is -0.508 e. The topological polar surface area (TPSA) is 163 Å². The van der Waals surface area contributed by atoms with Crippen LogP contribution < -0.4 is 10.6 Å². The molecule has 2 aliphatic rings. The molecule has 8 N–H and O–H groups in total. The highest BCUT2D eigenvalue weighted by atomic mass is 16.4. The molecule has 0 bridgehead atoms. The molecular weight excluding hydrogens is 705 g/mol. The van der Waals surface area contributed by atoms with Gasteiger partial charge in [0.25, 0.3) is 0 Å². The van der Waals surface area contributed by atoms with Gasteiger partial charge in [0, 0.05) is 49.0 Å². The van der Waals surface area contributed by atoms with E-state index >= 15 is 0 Å². The molecule has 9 nitrogen and oxygen atoms in total. The molecule has 2 heterocycles. The summed E-state index contributed by atoms with van der Waals surface area (Å²) in [4.78, 5) is 11.9. The van der Waals surface area contributed by atoms with E-state index in [2.05, 4.69) is 42.4 Å². The minimum absolute atomic E-state index is 0.0229. The van der Waals surface area contributed by atoms with E-state index in [1.807, 2.05) is 49.4 Å². The fourth-order valence-electron chi connectivity index (χ4n) is 8.48. The number of fused-ring (bicyclic) bond motifs is 1. The number of aromatic hydroxyl groups is 1. The number of aliphatic hydroxyl groups is 4. The number of benzene rings is 2. The second-order valence-electron chi connectivity index (χ2n) is 16.5. The molecule has 0 saturated carbocycles. The Morgan fingerprint density at radius 2 is 1.79 bits per heavy atom. The number of hydrogen-bond acceptors (Lipinski definition) is 8. The average Bonchev–Trinajstić information content (AvgIpc) is 3.33. The van der Waals surface area contributed by atoms with E-state index in [1.54, 1.807) is 12.1 Å². The van der Waals surface area contributed by atoms with Gasteiger partial charge >= 0.3 is 5.97 Å². The lowest BCUT2D eigenvalue weighted by Crippen LogP contribution is -2.54. The number of carboxylic acids is 1. The van der Waals surface area contributed by atoms with E-state index in [0.717, 1.165) is 79.2 Å². The standard InChI is InChI=1S/C47H68N2O7/c1-4-5-6-17-39(51)28-25-37-24-23-36-14-8-7-13-35(36)15-10-20-45(47(3,56)31-34-21-26-40(52)27-22-34)49-44(42(37)30-41(53)32-50)19-11-18-43-38(29-46(54)55)16-9-12-33(2)48-43/h7-8,13-14,21-22,25-28,33,38-39,41,43-45,48-53,56H,4-6,9,11-12,16-20,23-24,29-32H2,1-3H3,(H,54,55)/b28-25+,42-37+/t33-,38-,39+,41+,43-,44+,45-,47+/m1/s1. The summed E-state index contributed by atoms with van der Waals surface area (Å²) in [6, 6.07) is 14.4. The van der Waals surface area contributed by atoms with Crippen LogP contribution in [0.15, 0.2) is 71.8 Å². The number of aliphatic carboxylic acids is 1. The molecule has 8 atom stereocenters. The number of aliphatic hydroxyl groups excluding tert-OH is 3. The third-order valence-electron chi connectivity index (χ3n) is 11.7. The summed E-state index contributed by atoms with van der Waals surface area (Å²) in [5, 5.41) is 72.0. The summed E-state index contributed by atoms with van der Waals surface area (Å²) in [6.45, 7) is 5.70. The second kappa shape index (κ2) is 23.0. The maximum Gasteiger partial charge on any atom is 0.303 e. The molecule has 0 spiro atoms. The maximum atomic E-state index is 12.3. The zero-order valence-electron chi connectivity index (χ0n) is 33.9. The zero-order chi connectivity index (χ0) is 40.5. The van der Waals surface area contributed by atoms with Gasteiger partial charge in [-0.15, -0.1) is 0 Å². The summed E-state index contributed by atoms with van der Waals surface area (Å²) in [5.74, 6) is 6.17. The molecule has 0 amide bonds. The lowest BCUT2D eigenvalue weighted by atomic mass is 9.82. The van der Waals surface area contributed by atoms with Crippen molar-refractivity contribution in [1.29, 1.82) is 0 Å². The first-order valence-corrected chi connectivity index (χ1v) is 21.1. The Morgan fingerprint density at radius 3 is 2.52 bits per heavy atom. The third kappa shape index (κ3) is 14.8. The maximum absolute atomic E-state index is 12.3. The quantitative estimate of drug-likeness (QED) is 0.0607. The average molecular weight is 773 g/mol. The molecule has 0 aromatic heterocycles. The van der Waals surface area contributed by atoms with Crippen molar-refractivity contribution in [1.82, 2.24) is 10.6 Å². The van der Waals surface area contributed by atoms with Crippen molar-refractivity contribution < 1.29 is 35.4 Å². The third-order valence-corrected chi connectivity index (χ3v) is 11.7. The predicted molar refractivity (Wildman–Crippen MR) is 223 cm³/mol. The van der Waals surface area contributed by atoms with Crippen LogP contribution in [0.3, 0.4) is 0 Å². The van der Waals surface area contributed by atoms with Crippen LogP contribution >= 0.6 is 0 Å². The van der Waals surface area contributed by atoms with Crippen LogP contribution in [0, 0.1) is 17.8 Å². The van der Waals surface area contributed by atoms with Crippen molar-refractivity contribution in [3.05, 3.63) is 88.5 Å². The Balaban J connectivity index is 1.81. The lowest BCUT2D eigenvalue weighted by molar-refractivity contribution is -0.138. The molecule has 9 heteroatoms. The molecular formula is C47H68N2O7. The molecule has 4 rings (SSSR count). The number of carbonyl (C=O) groups is 1. The van der Waals surface area contributed by atoms with E-state index in [0.29, 0.717) is 38.5 Å². The Bertz CT molecular complexity index is 1620. The Morgan fingerprint density at radius 1 is 1.02 bits per heavy atom. The van der Waals surface area contributed by atoms with Gasteiger partial charge in [0.1, 0.15) is 5.75 Å². The molecule has 1 fully saturated rings. The van der Waals surface area contributed by atoms with Crippen LogP contribution in [0.1, 0.15) is 127 Å². The smallest absolute Gasteiger partial charge is 0.303 e. The van der Waals surface area contributed by atoms with Gasteiger partial charge in [-0.2, -0.15) is 0 Å². The van der Waals surface area contributed by atoms with Gasteiger partial charge in [-0.05, 0) is 112 Å². The summed E-state index contributed by atoms with van der Waals surface area (Å²) < 4.78 is 0.